The highest BCUT2D eigenvalue weighted by atomic mass is 35.5. The Balaban J connectivity index is 1.39. The lowest BCUT2D eigenvalue weighted by Gasteiger charge is -2.32. The lowest BCUT2D eigenvalue weighted by Crippen LogP contribution is -2.43. The molecule has 30 heavy (non-hydrogen) atoms. The molecule has 0 radical (unpaired) electrons. The summed E-state index contributed by atoms with van der Waals surface area (Å²) in [6.45, 7) is 0.987. The van der Waals surface area contributed by atoms with Crippen LogP contribution in [0.2, 0.25) is 5.02 Å². The van der Waals surface area contributed by atoms with Crippen molar-refractivity contribution in [3.05, 3.63) is 70.3 Å². The molecule has 1 aliphatic heterocycles. The van der Waals surface area contributed by atoms with E-state index in [1.165, 1.54) is 23.5 Å². The average Bonchev–Trinajstić information content (AvgIpc) is 3.23. The summed E-state index contributed by atoms with van der Waals surface area (Å²) in [5.74, 6) is -0.855. The maximum absolute atomic E-state index is 13.1. The highest BCUT2D eigenvalue weighted by molar-refractivity contribution is 7.14. The molecule has 5 nitrogen and oxygen atoms in total. The molecule has 2 heterocycles. The Bertz CT molecular complexity index is 1050. The first-order valence-corrected chi connectivity index (χ1v) is 10.8. The van der Waals surface area contributed by atoms with Crippen LogP contribution in [-0.2, 0) is 4.79 Å². The maximum atomic E-state index is 13.1. The van der Waals surface area contributed by atoms with Crippen LogP contribution in [0.5, 0.6) is 0 Å². The molecule has 2 amide bonds. The van der Waals surface area contributed by atoms with Gasteiger partial charge in [0, 0.05) is 34.6 Å². The number of thiazole rings is 1. The summed E-state index contributed by atoms with van der Waals surface area (Å²) in [7, 11) is 0. The summed E-state index contributed by atoms with van der Waals surface area (Å²) in [6, 6.07) is 12.8. The summed E-state index contributed by atoms with van der Waals surface area (Å²) >= 11 is 7.21. The average molecular weight is 444 g/mol. The Morgan fingerprint density at radius 2 is 1.87 bits per heavy atom. The molecule has 0 spiro atoms. The minimum Gasteiger partial charge on any atom is -0.338 e. The molecule has 1 aromatic heterocycles. The number of benzene rings is 2. The van der Waals surface area contributed by atoms with Gasteiger partial charge in [-0.2, -0.15) is 0 Å². The number of hydrogen-bond donors (Lipinski definition) is 1. The minimum absolute atomic E-state index is 0.1000. The van der Waals surface area contributed by atoms with Crippen LogP contribution in [0.25, 0.3) is 11.3 Å². The number of hydrogen-bond acceptors (Lipinski definition) is 4. The number of rotatable bonds is 4. The number of nitrogens with zero attached hydrogens (tertiary/aromatic N) is 2. The predicted molar refractivity (Wildman–Crippen MR) is 116 cm³/mol. The third kappa shape index (κ3) is 4.68. The molecule has 154 valence electrons. The molecule has 2 aromatic carbocycles. The number of halogens is 2. The van der Waals surface area contributed by atoms with Crippen molar-refractivity contribution in [2.45, 2.75) is 12.8 Å². The van der Waals surface area contributed by atoms with Gasteiger partial charge < -0.3 is 10.2 Å². The Hall–Kier alpha value is -2.77. The van der Waals surface area contributed by atoms with Crippen molar-refractivity contribution in [3.8, 4) is 11.3 Å². The number of amides is 2. The summed E-state index contributed by atoms with van der Waals surface area (Å²) < 4.78 is 13.1. The number of piperidine rings is 1. The van der Waals surface area contributed by atoms with Crippen LogP contribution in [0, 0.1) is 11.7 Å². The van der Waals surface area contributed by atoms with Crippen LogP contribution in [-0.4, -0.2) is 34.8 Å². The largest absolute Gasteiger partial charge is 0.338 e. The molecule has 8 heteroatoms. The van der Waals surface area contributed by atoms with Gasteiger partial charge in [0.15, 0.2) is 5.13 Å². The van der Waals surface area contributed by atoms with Crippen molar-refractivity contribution in [2.24, 2.45) is 5.92 Å². The van der Waals surface area contributed by atoms with Crippen molar-refractivity contribution in [2.75, 3.05) is 18.4 Å². The molecule has 1 fully saturated rings. The fourth-order valence-electron chi connectivity index (χ4n) is 3.44. The molecule has 1 N–H and O–H groups in total. The first-order valence-electron chi connectivity index (χ1n) is 9.57. The molecule has 0 saturated carbocycles. The van der Waals surface area contributed by atoms with Crippen LogP contribution in [0.4, 0.5) is 9.52 Å². The van der Waals surface area contributed by atoms with Gasteiger partial charge in [-0.05, 0) is 61.4 Å². The van der Waals surface area contributed by atoms with E-state index in [1.807, 2.05) is 5.38 Å². The van der Waals surface area contributed by atoms with E-state index in [9.17, 15) is 14.0 Å². The first-order chi connectivity index (χ1) is 14.5. The van der Waals surface area contributed by atoms with Crippen LogP contribution < -0.4 is 5.32 Å². The maximum Gasteiger partial charge on any atom is 0.253 e. The van der Waals surface area contributed by atoms with Crippen molar-refractivity contribution in [1.29, 1.82) is 0 Å². The van der Waals surface area contributed by atoms with Crippen LogP contribution in [0.15, 0.2) is 53.9 Å². The van der Waals surface area contributed by atoms with Crippen LogP contribution >= 0.6 is 22.9 Å². The zero-order valence-corrected chi connectivity index (χ0v) is 17.5. The van der Waals surface area contributed by atoms with E-state index in [4.69, 9.17) is 11.6 Å². The van der Waals surface area contributed by atoms with E-state index in [0.29, 0.717) is 40.9 Å². The molecule has 1 unspecified atom stereocenters. The second-order valence-electron chi connectivity index (χ2n) is 7.13. The van der Waals surface area contributed by atoms with E-state index < -0.39 is 0 Å². The Morgan fingerprint density at radius 1 is 1.13 bits per heavy atom. The van der Waals surface area contributed by atoms with Gasteiger partial charge in [0.05, 0.1) is 11.6 Å². The van der Waals surface area contributed by atoms with Gasteiger partial charge in [-0.1, -0.05) is 11.6 Å². The van der Waals surface area contributed by atoms with Gasteiger partial charge in [0.25, 0.3) is 5.91 Å². The lowest BCUT2D eigenvalue weighted by atomic mass is 9.96. The van der Waals surface area contributed by atoms with Gasteiger partial charge in [0.1, 0.15) is 5.82 Å². The topological polar surface area (TPSA) is 62.3 Å². The number of aromatic nitrogens is 1. The Morgan fingerprint density at radius 3 is 2.60 bits per heavy atom. The predicted octanol–water partition coefficient (Wildman–Crippen LogP) is 5.09. The molecule has 1 saturated heterocycles. The van der Waals surface area contributed by atoms with E-state index in [0.717, 1.165) is 12.0 Å². The lowest BCUT2D eigenvalue weighted by molar-refractivity contribution is -0.121. The Kier molecular flexibility index (Phi) is 6.11. The third-order valence-corrected chi connectivity index (χ3v) is 6.05. The highest BCUT2D eigenvalue weighted by Crippen LogP contribution is 2.27. The van der Waals surface area contributed by atoms with Crippen molar-refractivity contribution < 1.29 is 14.0 Å². The molecule has 4 rings (SSSR count). The second kappa shape index (κ2) is 8.93. The fourth-order valence-corrected chi connectivity index (χ4v) is 4.29. The standard InChI is InChI=1S/C22H19ClFN3O2S/c23-17-7-3-15(4-8-17)21(29)27-11-1-2-16(12-27)20(28)26-22-25-19(13-30-22)14-5-9-18(24)10-6-14/h3-10,13,16H,1-2,11-12H2,(H,25,26,28). The Labute approximate surface area is 182 Å². The van der Waals surface area contributed by atoms with E-state index >= 15 is 0 Å². The number of carbonyl (C=O) groups excluding carboxylic acids is 2. The van der Waals surface area contributed by atoms with Crippen LogP contribution in [0.3, 0.4) is 0 Å². The van der Waals surface area contributed by atoms with Crippen molar-refractivity contribution in [1.82, 2.24) is 9.88 Å². The number of anilines is 1. The summed E-state index contributed by atoms with van der Waals surface area (Å²) in [6.07, 6.45) is 1.47. The van der Waals surface area contributed by atoms with Gasteiger partial charge in [-0.3, -0.25) is 9.59 Å². The zero-order valence-electron chi connectivity index (χ0n) is 16.0. The van der Waals surface area contributed by atoms with E-state index in [-0.39, 0.29) is 23.5 Å². The van der Waals surface area contributed by atoms with Crippen LogP contribution in [0.1, 0.15) is 23.2 Å². The summed E-state index contributed by atoms with van der Waals surface area (Å²) in [5, 5.41) is 5.74. The SMILES string of the molecule is O=C(Nc1nc(-c2ccc(F)cc2)cs1)C1CCCN(C(=O)c2ccc(Cl)cc2)C1. The molecule has 1 atom stereocenters. The fraction of sp³-hybridized carbons (Fsp3) is 0.227. The van der Waals surface area contributed by atoms with Crippen molar-refractivity contribution >= 4 is 39.9 Å². The number of likely N-dealkylation sites (tertiary alicyclic amines) is 1. The third-order valence-electron chi connectivity index (χ3n) is 5.04. The van der Waals surface area contributed by atoms with Crippen molar-refractivity contribution in [3.63, 3.8) is 0 Å². The molecule has 0 aliphatic carbocycles. The monoisotopic (exact) mass is 443 g/mol. The smallest absolute Gasteiger partial charge is 0.253 e. The minimum atomic E-state index is -0.308. The van der Waals surface area contributed by atoms with Gasteiger partial charge in [0.2, 0.25) is 5.91 Å². The second-order valence-corrected chi connectivity index (χ2v) is 8.43. The van der Waals surface area contributed by atoms with Gasteiger partial charge in [-0.25, -0.2) is 9.37 Å². The summed E-state index contributed by atoms with van der Waals surface area (Å²) in [4.78, 5) is 31.6. The number of carbonyl (C=O) groups is 2. The van der Waals surface area contributed by atoms with Gasteiger partial charge in [-0.15, -0.1) is 11.3 Å². The van der Waals surface area contributed by atoms with Gasteiger partial charge >= 0.3 is 0 Å². The number of nitrogens with one attached hydrogen (secondary N) is 1. The quantitative estimate of drug-likeness (QED) is 0.610. The molecular weight excluding hydrogens is 425 g/mol. The molecule has 1 aliphatic rings. The van der Waals surface area contributed by atoms with E-state index in [1.54, 1.807) is 41.3 Å². The zero-order chi connectivity index (χ0) is 21.1. The highest BCUT2D eigenvalue weighted by Gasteiger charge is 2.29. The summed E-state index contributed by atoms with van der Waals surface area (Å²) in [5.41, 5.74) is 2.02. The van der Waals surface area contributed by atoms with E-state index in [2.05, 4.69) is 10.3 Å². The molecular formula is C22H19ClFN3O2S. The molecule has 3 aromatic rings. The molecule has 0 bridgehead atoms. The first kappa shape index (κ1) is 20.5. The normalized spacial score (nSPS) is 16.3.